The van der Waals surface area contributed by atoms with Gasteiger partial charge < -0.3 is 20.7 Å². The number of hydrogen-bond donors (Lipinski definition) is 2. The maximum absolute atomic E-state index is 11.7. The highest BCUT2D eigenvalue weighted by molar-refractivity contribution is 5.77. The Balaban J connectivity index is 2.17. The van der Waals surface area contributed by atoms with Gasteiger partial charge in [-0.2, -0.15) is 0 Å². The Morgan fingerprint density at radius 3 is 2.61 bits per heavy atom. The molecule has 6 heteroatoms. The summed E-state index contributed by atoms with van der Waals surface area (Å²) >= 11 is 0. The van der Waals surface area contributed by atoms with Crippen LogP contribution in [0.4, 0.5) is 0 Å². The zero-order chi connectivity index (χ0) is 13.4. The second-order valence-corrected chi connectivity index (χ2v) is 4.60. The van der Waals surface area contributed by atoms with Crippen LogP contribution in [-0.4, -0.2) is 56.1 Å². The zero-order valence-electron chi connectivity index (χ0n) is 11.0. The minimum atomic E-state index is 0.00342. The van der Waals surface area contributed by atoms with Crippen LogP contribution in [0.25, 0.3) is 0 Å². The highest BCUT2D eigenvalue weighted by Gasteiger charge is 2.22. The molecule has 1 heterocycles. The van der Waals surface area contributed by atoms with Crippen molar-refractivity contribution in [2.24, 2.45) is 11.7 Å². The summed E-state index contributed by atoms with van der Waals surface area (Å²) in [4.78, 5) is 24.4. The van der Waals surface area contributed by atoms with Gasteiger partial charge in [0.25, 0.3) is 0 Å². The normalized spacial score (nSPS) is 16.7. The molecule has 0 bridgehead atoms. The predicted octanol–water partition coefficient (Wildman–Crippen LogP) is -0.664. The fraction of sp³-hybridized carbons (Fsp3) is 0.833. The third-order valence-corrected chi connectivity index (χ3v) is 3.09. The fourth-order valence-corrected chi connectivity index (χ4v) is 2.01. The Hall–Kier alpha value is -1.14. The third-order valence-electron chi connectivity index (χ3n) is 3.09. The van der Waals surface area contributed by atoms with Crippen LogP contribution in [0.3, 0.4) is 0 Å². The molecule has 1 aliphatic rings. The van der Waals surface area contributed by atoms with Crippen LogP contribution in [0.2, 0.25) is 0 Å². The summed E-state index contributed by atoms with van der Waals surface area (Å²) in [6.45, 7) is 4.70. The monoisotopic (exact) mass is 257 g/mol. The van der Waals surface area contributed by atoms with E-state index < -0.39 is 0 Å². The van der Waals surface area contributed by atoms with Gasteiger partial charge in [0.05, 0.1) is 6.61 Å². The van der Waals surface area contributed by atoms with Crippen LogP contribution in [0.1, 0.15) is 19.8 Å². The Morgan fingerprint density at radius 2 is 2.06 bits per heavy atom. The lowest BCUT2D eigenvalue weighted by Crippen LogP contribution is -2.42. The van der Waals surface area contributed by atoms with E-state index in [0.717, 1.165) is 25.9 Å². The standard InChI is InChI=1S/C12H23N3O3/c1-10(16)14-8-11-2-5-15(6-3-11)12(17)9-18-7-4-13/h11H,2-9,13H2,1H3,(H,14,16). The number of nitrogens with one attached hydrogen (secondary N) is 1. The molecule has 2 amide bonds. The lowest BCUT2D eigenvalue weighted by molar-refractivity contribution is -0.137. The highest BCUT2D eigenvalue weighted by atomic mass is 16.5. The molecule has 3 N–H and O–H groups in total. The summed E-state index contributed by atoms with van der Waals surface area (Å²) in [5.41, 5.74) is 5.28. The van der Waals surface area contributed by atoms with Gasteiger partial charge in [0.2, 0.25) is 11.8 Å². The van der Waals surface area contributed by atoms with Crippen molar-refractivity contribution in [3.8, 4) is 0 Å². The van der Waals surface area contributed by atoms with Crippen molar-refractivity contribution in [1.29, 1.82) is 0 Å². The molecular formula is C12H23N3O3. The van der Waals surface area contributed by atoms with Crippen molar-refractivity contribution in [2.75, 3.05) is 39.4 Å². The van der Waals surface area contributed by atoms with Crippen LogP contribution in [-0.2, 0) is 14.3 Å². The molecule has 1 fully saturated rings. The van der Waals surface area contributed by atoms with Crippen molar-refractivity contribution in [2.45, 2.75) is 19.8 Å². The minimum absolute atomic E-state index is 0.00342. The van der Waals surface area contributed by atoms with Gasteiger partial charge in [-0.15, -0.1) is 0 Å². The van der Waals surface area contributed by atoms with Gasteiger partial charge in [-0.05, 0) is 18.8 Å². The number of likely N-dealkylation sites (tertiary alicyclic amines) is 1. The van der Waals surface area contributed by atoms with Gasteiger partial charge in [0, 0.05) is 33.1 Å². The average molecular weight is 257 g/mol. The first kappa shape index (κ1) is 14.9. The molecule has 1 aliphatic heterocycles. The number of ether oxygens (including phenoxy) is 1. The number of hydrogen-bond acceptors (Lipinski definition) is 4. The van der Waals surface area contributed by atoms with Crippen LogP contribution < -0.4 is 11.1 Å². The maximum atomic E-state index is 11.7. The topological polar surface area (TPSA) is 84.7 Å². The molecule has 0 aromatic rings. The van der Waals surface area contributed by atoms with E-state index in [4.69, 9.17) is 10.5 Å². The number of carbonyl (C=O) groups is 2. The first-order valence-corrected chi connectivity index (χ1v) is 6.43. The average Bonchev–Trinajstić information content (AvgIpc) is 2.37. The number of nitrogens with two attached hydrogens (primary N) is 1. The summed E-state index contributed by atoms with van der Waals surface area (Å²) in [5.74, 6) is 0.507. The summed E-state index contributed by atoms with van der Waals surface area (Å²) in [6.07, 6.45) is 1.87. The SMILES string of the molecule is CC(=O)NCC1CCN(C(=O)COCCN)CC1. The van der Waals surface area contributed by atoms with Crippen molar-refractivity contribution in [3.63, 3.8) is 0 Å². The molecule has 0 saturated carbocycles. The quantitative estimate of drug-likeness (QED) is 0.618. The molecule has 0 atom stereocenters. The van der Waals surface area contributed by atoms with Crippen LogP contribution in [0.15, 0.2) is 0 Å². The number of nitrogens with zero attached hydrogens (tertiary/aromatic N) is 1. The molecular weight excluding hydrogens is 234 g/mol. The second kappa shape index (κ2) is 8.05. The van der Waals surface area contributed by atoms with E-state index in [-0.39, 0.29) is 18.4 Å². The Kier molecular flexibility index (Phi) is 6.67. The molecule has 1 saturated heterocycles. The number of piperidine rings is 1. The second-order valence-electron chi connectivity index (χ2n) is 4.60. The van der Waals surface area contributed by atoms with Crippen LogP contribution >= 0.6 is 0 Å². The van der Waals surface area contributed by atoms with Crippen molar-refractivity contribution >= 4 is 11.8 Å². The lowest BCUT2D eigenvalue weighted by atomic mass is 9.97. The van der Waals surface area contributed by atoms with Gasteiger partial charge in [-0.1, -0.05) is 0 Å². The first-order valence-electron chi connectivity index (χ1n) is 6.43. The lowest BCUT2D eigenvalue weighted by Gasteiger charge is -2.32. The molecule has 1 rings (SSSR count). The number of rotatable bonds is 6. The first-order chi connectivity index (χ1) is 8.63. The highest BCUT2D eigenvalue weighted by Crippen LogP contribution is 2.16. The molecule has 0 unspecified atom stereocenters. The van der Waals surface area contributed by atoms with E-state index in [9.17, 15) is 9.59 Å². The van der Waals surface area contributed by atoms with Crippen molar-refractivity contribution in [1.82, 2.24) is 10.2 Å². The third kappa shape index (κ3) is 5.46. The summed E-state index contributed by atoms with van der Waals surface area (Å²) in [7, 11) is 0. The van der Waals surface area contributed by atoms with Gasteiger partial charge >= 0.3 is 0 Å². The Bertz CT molecular complexity index is 276. The maximum Gasteiger partial charge on any atom is 0.248 e. The summed E-state index contributed by atoms with van der Waals surface area (Å²) in [6, 6.07) is 0. The Labute approximate surface area is 108 Å². The minimum Gasteiger partial charge on any atom is -0.370 e. The van der Waals surface area contributed by atoms with Gasteiger partial charge in [-0.25, -0.2) is 0 Å². The van der Waals surface area contributed by atoms with Gasteiger partial charge in [0.1, 0.15) is 6.61 Å². The van der Waals surface area contributed by atoms with Crippen LogP contribution in [0, 0.1) is 5.92 Å². The van der Waals surface area contributed by atoms with Gasteiger partial charge in [0.15, 0.2) is 0 Å². The molecule has 18 heavy (non-hydrogen) atoms. The summed E-state index contributed by atoms with van der Waals surface area (Å²) < 4.78 is 5.13. The smallest absolute Gasteiger partial charge is 0.248 e. The molecule has 0 aliphatic carbocycles. The zero-order valence-corrected chi connectivity index (χ0v) is 11.0. The molecule has 104 valence electrons. The molecule has 0 aromatic carbocycles. The van der Waals surface area contributed by atoms with E-state index in [1.165, 1.54) is 6.92 Å². The van der Waals surface area contributed by atoms with E-state index in [1.54, 1.807) is 0 Å². The summed E-state index contributed by atoms with van der Waals surface area (Å²) in [5, 5.41) is 2.82. The van der Waals surface area contributed by atoms with Crippen molar-refractivity contribution < 1.29 is 14.3 Å². The molecule has 0 radical (unpaired) electrons. The van der Waals surface area contributed by atoms with Crippen LogP contribution in [0.5, 0.6) is 0 Å². The van der Waals surface area contributed by atoms with E-state index in [0.29, 0.717) is 25.6 Å². The number of carbonyl (C=O) groups excluding carboxylic acids is 2. The Morgan fingerprint density at radius 1 is 1.39 bits per heavy atom. The molecule has 0 spiro atoms. The van der Waals surface area contributed by atoms with E-state index >= 15 is 0 Å². The number of amides is 2. The largest absolute Gasteiger partial charge is 0.370 e. The molecule has 0 aromatic heterocycles. The molecule has 6 nitrogen and oxygen atoms in total. The predicted molar refractivity (Wildman–Crippen MR) is 67.9 cm³/mol. The fourth-order valence-electron chi connectivity index (χ4n) is 2.01. The van der Waals surface area contributed by atoms with E-state index in [2.05, 4.69) is 5.32 Å². The van der Waals surface area contributed by atoms with Gasteiger partial charge in [-0.3, -0.25) is 9.59 Å². The van der Waals surface area contributed by atoms with Crippen molar-refractivity contribution in [3.05, 3.63) is 0 Å². The van der Waals surface area contributed by atoms with E-state index in [1.807, 2.05) is 4.90 Å².